The molecule has 2 rings (SSSR count). The van der Waals surface area contributed by atoms with Crippen molar-refractivity contribution in [2.24, 2.45) is 17.6 Å². The van der Waals surface area contributed by atoms with Crippen LogP contribution in [0.4, 0.5) is 0 Å². The van der Waals surface area contributed by atoms with Crippen molar-refractivity contribution in [1.82, 2.24) is 9.80 Å². The van der Waals surface area contributed by atoms with Crippen LogP contribution in [0.1, 0.15) is 26.7 Å². The molecule has 4 heteroatoms. The van der Waals surface area contributed by atoms with Crippen molar-refractivity contribution in [1.29, 1.82) is 0 Å². The molecule has 0 aromatic rings. The van der Waals surface area contributed by atoms with E-state index in [-0.39, 0.29) is 12.1 Å². The van der Waals surface area contributed by atoms with E-state index in [1.807, 2.05) is 0 Å². The zero-order valence-corrected chi connectivity index (χ0v) is 11.9. The summed E-state index contributed by atoms with van der Waals surface area (Å²) in [7, 11) is 0. The number of aliphatic hydroxyl groups is 1. The third kappa shape index (κ3) is 3.67. The molecule has 0 amide bonds. The molecular weight excluding hydrogens is 226 g/mol. The van der Waals surface area contributed by atoms with E-state index < -0.39 is 0 Å². The SMILES string of the molecule is CC(C)CN1CCN(CC(N)(CO)C2CC2)CC1. The molecule has 1 saturated heterocycles. The summed E-state index contributed by atoms with van der Waals surface area (Å²) in [6, 6.07) is 0. The Kier molecular flexibility index (Phi) is 4.64. The Labute approximate surface area is 111 Å². The lowest BCUT2D eigenvalue weighted by atomic mass is 9.94. The van der Waals surface area contributed by atoms with Crippen molar-refractivity contribution in [3.8, 4) is 0 Å². The van der Waals surface area contributed by atoms with Crippen molar-refractivity contribution in [3.05, 3.63) is 0 Å². The van der Waals surface area contributed by atoms with Gasteiger partial charge in [0, 0.05) is 39.3 Å². The predicted octanol–water partition coefficient (Wildman–Crippen LogP) is 0.360. The smallest absolute Gasteiger partial charge is 0.0626 e. The lowest BCUT2D eigenvalue weighted by Crippen LogP contribution is -2.58. The van der Waals surface area contributed by atoms with E-state index in [4.69, 9.17) is 5.73 Å². The van der Waals surface area contributed by atoms with E-state index >= 15 is 0 Å². The summed E-state index contributed by atoms with van der Waals surface area (Å²) in [5.74, 6) is 1.30. The summed E-state index contributed by atoms with van der Waals surface area (Å²) in [6.45, 7) is 11.2. The second-order valence-corrected chi connectivity index (χ2v) is 6.64. The minimum Gasteiger partial charge on any atom is -0.394 e. The number of nitrogens with zero attached hydrogens (tertiary/aromatic N) is 2. The van der Waals surface area contributed by atoms with Gasteiger partial charge in [0.25, 0.3) is 0 Å². The first-order chi connectivity index (χ1) is 8.53. The lowest BCUT2D eigenvalue weighted by molar-refractivity contribution is 0.0746. The summed E-state index contributed by atoms with van der Waals surface area (Å²) in [6.07, 6.45) is 2.40. The Hall–Kier alpha value is -0.160. The predicted molar refractivity (Wildman–Crippen MR) is 74.4 cm³/mol. The number of rotatable bonds is 6. The first-order valence-corrected chi connectivity index (χ1v) is 7.38. The Morgan fingerprint density at radius 1 is 1.17 bits per heavy atom. The van der Waals surface area contributed by atoms with Crippen molar-refractivity contribution in [2.45, 2.75) is 32.2 Å². The normalized spacial score (nSPS) is 26.5. The highest BCUT2D eigenvalue weighted by Gasteiger charge is 2.43. The summed E-state index contributed by atoms with van der Waals surface area (Å²) in [5.41, 5.74) is 6.00. The molecule has 106 valence electrons. The maximum atomic E-state index is 9.54. The number of piperazine rings is 1. The quantitative estimate of drug-likeness (QED) is 0.719. The minimum atomic E-state index is -0.347. The van der Waals surface area contributed by atoms with E-state index in [1.165, 1.54) is 19.4 Å². The van der Waals surface area contributed by atoms with Gasteiger partial charge in [-0.1, -0.05) is 13.8 Å². The fourth-order valence-electron chi connectivity index (χ4n) is 3.03. The van der Waals surface area contributed by atoms with Crippen LogP contribution in [-0.4, -0.2) is 66.3 Å². The molecule has 1 unspecified atom stereocenters. The minimum absolute atomic E-state index is 0.129. The van der Waals surface area contributed by atoms with Crippen molar-refractivity contribution in [2.75, 3.05) is 45.9 Å². The van der Waals surface area contributed by atoms with Gasteiger partial charge >= 0.3 is 0 Å². The standard InChI is InChI=1S/C14H29N3O/c1-12(2)9-16-5-7-17(8-6-16)10-14(15,11-18)13-3-4-13/h12-13,18H,3-11,15H2,1-2H3. The van der Waals surface area contributed by atoms with E-state index in [0.717, 1.165) is 38.6 Å². The number of nitrogens with two attached hydrogens (primary N) is 1. The van der Waals surface area contributed by atoms with Crippen LogP contribution in [0.3, 0.4) is 0 Å². The van der Waals surface area contributed by atoms with Gasteiger partial charge in [-0.15, -0.1) is 0 Å². The second kappa shape index (κ2) is 5.87. The zero-order valence-electron chi connectivity index (χ0n) is 11.9. The highest BCUT2D eigenvalue weighted by atomic mass is 16.3. The molecule has 1 aliphatic carbocycles. The summed E-state index contributed by atoms with van der Waals surface area (Å²) in [4.78, 5) is 4.97. The van der Waals surface area contributed by atoms with Crippen LogP contribution < -0.4 is 5.73 Å². The van der Waals surface area contributed by atoms with Gasteiger partial charge in [-0.3, -0.25) is 4.90 Å². The Morgan fingerprint density at radius 3 is 2.17 bits per heavy atom. The summed E-state index contributed by atoms with van der Waals surface area (Å²) >= 11 is 0. The number of hydrogen-bond acceptors (Lipinski definition) is 4. The van der Waals surface area contributed by atoms with E-state index in [9.17, 15) is 5.11 Å². The summed E-state index contributed by atoms with van der Waals surface area (Å²) < 4.78 is 0. The molecule has 18 heavy (non-hydrogen) atoms. The van der Waals surface area contributed by atoms with Gasteiger partial charge in [0.05, 0.1) is 12.1 Å². The van der Waals surface area contributed by atoms with Crippen molar-refractivity contribution >= 4 is 0 Å². The van der Waals surface area contributed by atoms with Gasteiger partial charge in [0.1, 0.15) is 0 Å². The average Bonchev–Trinajstić information content (AvgIpc) is 3.15. The molecule has 2 aliphatic rings. The molecule has 4 nitrogen and oxygen atoms in total. The van der Waals surface area contributed by atoms with Gasteiger partial charge in [-0.05, 0) is 24.7 Å². The first kappa shape index (κ1) is 14.3. The van der Waals surface area contributed by atoms with Crippen LogP contribution in [0.15, 0.2) is 0 Å². The van der Waals surface area contributed by atoms with Crippen LogP contribution in [0.5, 0.6) is 0 Å². The molecule has 0 bridgehead atoms. The fourth-order valence-corrected chi connectivity index (χ4v) is 3.03. The molecule has 1 heterocycles. The molecular formula is C14H29N3O. The molecule has 3 N–H and O–H groups in total. The Balaban J connectivity index is 1.75. The third-order valence-corrected chi connectivity index (χ3v) is 4.29. The maximum Gasteiger partial charge on any atom is 0.0626 e. The first-order valence-electron chi connectivity index (χ1n) is 7.38. The zero-order chi connectivity index (χ0) is 13.2. The van der Waals surface area contributed by atoms with E-state index in [2.05, 4.69) is 23.6 Å². The van der Waals surface area contributed by atoms with Crippen molar-refractivity contribution in [3.63, 3.8) is 0 Å². The number of hydrogen-bond donors (Lipinski definition) is 2. The van der Waals surface area contributed by atoms with E-state index in [1.54, 1.807) is 0 Å². The molecule has 1 aliphatic heterocycles. The molecule has 1 atom stereocenters. The van der Waals surface area contributed by atoms with Gasteiger partial charge in [-0.2, -0.15) is 0 Å². The largest absolute Gasteiger partial charge is 0.394 e. The monoisotopic (exact) mass is 255 g/mol. The van der Waals surface area contributed by atoms with E-state index in [0.29, 0.717) is 5.92 Å². The molecule has 1 saturated carbocycles. The lowest BCUT2D eigenvalue weighted by Gasteiger charge is -2.40. The van der Waals surface area contributed by atoms with Crippen LogP contribution in [-0.2, 0) is 0 Å². The highest BCUT2D eigenvalue weighted by Crippen LogP contribution is 2.38. The molecule has 0 aromatic heterocycles. The maximum absolute atomic E-state index is 9.54. The van der Waals surface area contributed by atoms with Crippen LogP contribution in [0.25, 0.3) is 0 Å². The Morgan fingerprint density at radius 2 is 1.72 bits per heavy atom. The fraction of sp³-hybridized carbons (Fsp3) is 1.00. The van der Waals surface area contributed by atoms with Gasteiger partial charge in [0.2, 0.25) is 0 Å². The molecule has 2 fully saturated rings. The molecule has 0 aromatic carbocycles. The molecule has 0 radical (unpaired) electrons. The van der Waals surface area contributed by atoms with Crippen LogP contribution in [0.2, 0.25) is 0 Å². The third-order valence-electron chi connectivity index (χ3n) is 4.29. The van der Waals surface area contributed by atoms with Crippen LogP contribution in [0, 0.1) is 11.8 Å². The van der Waals surface area contributed by atoms with Crippen molar-refractivity contribution < 1.29 is 5.11 Å². The molecule has 0 spiro atoms. The van der Waals surface area contributed by atoms with Crippen LogP contribution >= 0.6 is 0 Å². The van der Waals surface area contributed by atoms with Gasteiger partial charge in [0.15, 0.2) is 0 Å². The average molecular weight is 255 g/mol. The topological polar surface area (TPSA) is 52.7 Å². The van der Waals surface area contributed by atoms with Gasteiger partial charge in [-0.25, -0.2) is 0 Å². The Bertz CT molecular complexity index is 260. The summed E-state index contributed by atoms with van der Waals surface area (Å²) in [5, 5.41) is 9.54. The second-order valence-electron chi connectivity index (χ2n) is 6.64. The highest BCUT2D eigenvalue weighted by molar-refractivity contribution is 5.00. The van der Waals surface area contributed by atoms with Gasteiger partial charge < -0.3 is 15.7 Å². The number of aliphatic hydroxyl groups excluding tert-OH is 1.